The molecule has 0 heterocycles. The minimum Gasteiger partial charge on any atom is -0.505 e. The molecule has 3 rings (SSSR count). The van der Waals surface area contributed by atoms with Gasteiger partial charge >= 0.3 is 0 Å². The summed E-state index contributed by atoms with van der Waals surface area (Å²) in [7, 11) is 1.49. The molecule has 7 heteroatoms. The summed E-state index contributed by atoms with van der Waals surface area (Å²) >= 11 is 12.0. The number of fused-ring (bicyclic) bond motifs is 1. The number of aromatic hydroxyl groups is 1. The molecule has 2 N–H and O–H groups in total. The number of amides is 1. The molecule has 0 atom stereocenters. The number of phenolic OH excluding ortho intramolecular Hbond substituents is 1. The van der Waals surface area contributed by atoms with E-state index in [1.807, 2.05) is 18.2 Å². The lowest BCUT2D eigenvalue weighted by Gasteiger charge is -2.09. The van der Waals surface area contributed by atoms with Crippen molar-refractivity contribution in [2.75, 3.05) is 7.05 Å². The van der Waals surface area contributed by atoms with Gasteiger partial charge in [0.15, 0.2) is 5.75 Å². The second kappa shape index (κ2) is 7.09. The Bertz CT molecular complexity index is 1000. The van der Waals surface area contributed by atoms with Crippen LogP contribution in [-0.4, -0.2) is 18.1 Å². The van der Waals surface area contributed by atoms with Crippen LogP contribution in [0.15, 0.2) is 58.8 Å². The van der Waals surface area contributed by atoms with Crippen molar-refractivity contribution in [1.29, 1.82) is 0 Å². The van der Waals surface area contributed by atoms with Gasteiger partial charge in [0.1, 0.15) is 11.4 Å². The van der Waals surface area contributed by atoms with Crippen LogP contribution in [0.3, 0.4) is 0 Å². The molecule has 0 spiro atoms. The predicted molar refractivity (Wildman–Crippen MR) is 99.6 cm³/mol. The van der Waals surface area contributed by atoms with E-state index >= 15 is 0 Å². The molecule has 0 saturated carbocycles. The van der Waals surface area contributed by atoms with Gasteiger partial charge in [-0.2, -0.15) is 0 Å². The maximum atomic E-state index is 12.0. The number of benzene rings is 3. The fraction of sp³-hybridized carbons (Fsp3) is 0.0556. The molecule has 1 amide bonds. The second-order valence-corrected chi connectivity index (χ2v) is 6.06. The van der Waals surface area contributed by atoms with E-state index in [9.17, 15) is 9.90 Å². The van der Waals surface area contributed by atoms with Crippen LogP contribution in [0.4, 0.5) is 11.4 Å². The van der Waals surface area contributed by atoms with Gasteiger partial charge in [-0.15, -0.1) is 10.2 Å². The van der Waals surface area contributed by atoms with E-state index in [1.54, 1.807) is 30.3 Å². The summed E-state index contributed by atoms with van der Waals surface area (Å²) in [6, 6.07) is 13.7. The van der Waals surface area contributed by atoms with E-state index in [4.69, 9.17) is 23.2 Å². The van der Waals surface area contributed by atoms with Gasteiger partial charge in [-0.25, -0.2) is 0 Å². The summed E-state index contributed by atoms with van der Waals surface area (Å²) in [5.74, 6) is -0.666. The van der Waals surface area contributed by atoms with E-state index in [0.717, 1.165) is 5.39 Å². The molecule has 0 bridgehead atoms. The van der Waals surface area contributed by atoms with Gasteiger partial charge in [0, 0.05) is 17.5 Å². The van der Waals surface area contributed by atoms with Crippen LogP contribution in [0.2, 0.25) is 10.0 Å². The molecule has 0 aromatic heterocycles. The smallest absolute Gasteiger partial charge is 0.254 e. The SMILES string of the molecule is CNC(=O)c1cc2ccccc2c(N=Nc2cc(Cl)ccc2Cl)c1O. The van der Waals surface area contributed by atoms with Gasteiger partial charge in [0.25, 0.3) is 5.91 Å². The molecule has 126 valence electrons. The summed E-state index contributed by atoms with van der Waals surface area (Å²) in [5, 5.41) is 23.5. The highest BCUT2D eigenvalue weighted by Gasteiger charge is 2.17. The summed E-state index contributed by atoms with van der Waals surface area (Å²) in [6.07, 6.45) is 0. The second-order valence-electron chi connectivity index (χ2n) is 5.22. The third-order valence-electron chi connectivity index (χ3n) is 3.63. The fourth-order valence-electron chi connectivity index (χ4n) is 2.39. The van der Waals surface area contributed by atoms with Crippen molar-refractivity contribution in [3.05, 3.63) is 64.1 Å². The number of halogens is 2. The number of nitrogens with zero attached hydrogens (tertiary/aromatic N) is 2. The number of hydrogen-bond acceptors (Lipinski definition) is 4. The first-order valence-corrected chi connectivity index (χ1v) is 8.10. The van der Waals surface area contributed by atoms with Gasteiger partial charge in [0.2, 0.25) is 0 Å². The average molecular weight is 374 g/mol. The summed E-state index contributed by atoms with van der Waals surface area (Å²) in [5.41, 5.74) is 0.670. The topological polar surface area (TPSA) is 74.0 Å². The molecule has 0 radical (unpaired) electrons. The Labute approximate surface area is 153 Å². The number of azo groups is 1. The molecular weight excluding hydrogens is 361 g/mol. The minimum absolute atomic E-state index is 0.118. The molecule has 0 fully saturated rings. The summed E-state index contributed by atoms with van der Waals surface area (Å²) < 4.78 is 0. The Morgan fingerprint density at radius 3 is 2.60 bits per heavy atom. The molecule has 0 aliphatic carbocycles. The Balaban J connectivity index is 2.20. The normalized spacial score (nSPS) is 11.2. The van der Waals surface area contributed by atoms with Crippen LogP contribution in [0, 0.1) is 0 Å². The maximum absolute atomic E-state index is 12.0. The first kappa shape index (κ1) is 17.2. The van der Waals surface area contributed by atoms with E-state index in [0.29, 0.717) is 21.1 Å². The maximum Gasteiger partial charge on any atom is 0.254 e. The summed E-state index contributed by atoms with van der Waals surface area (Å²) in [4.78, 5) is 12.0. The van der Waals surface area contributed by atoms with Crippen molar-refractivity contribution < 1.29 is 9.90 Å². The van der Waals surface area contributed by atoms with Crippen LogP contribution in [0.1, 0.15) is 10.4 Å². The van der Waals surface area contributed by atoms with Crippen molar-refractivity contribution in [2.45, 2.75) is 0 Å². The van der Waals surface area contributed by atoms with Crippen LogP contribution >= 0.6 is 23.2 Å². The van der Waals surface area contributed by atoms with Crippen LogP contribution in [-0.2, 0) is 0 Å². The van der Waals surface area contributed by atoms with E-state index < -0.39 is 5.91 Å². The van der Waals surface area contributed by atoms with Gasteiger partial charge in [-0.05, 0) is 29.7 Å². The van der Waals surface area contributed by atoms with Crippen molar-refractivity contribution in [3.63, 3.8) is 0 Å². The monoisotopic (exact) mass is 373 g/mol. The molecular formula is C18H13Cl2N3O2. The third-order valence-corrected chi connectivity index (χ3v) is 4.19. The minimum atomic E-state index is -0.416. The molecule has 3 aromatic carbocycles. The zero-order valence-corrected chi connectivity index (χ0v) is 14.6. The lowest BCUT2D eigenvalue weighted by molar-refractivity contribution is 0.0960. The quantitative estimate of drug-likeness (QED) is 0.584. The Hall–Kier alpha value is -2.63. The average Bonchev–Trinajstić information content (AvgIpc) is 2.62. The van der Waals surface area contributed by atoms with Crippen LogP contribution in [0.25, 0.3) is 10.8 Å². The molecule has 0 saturated heterocycles. The zero-order chi connectivity index (χ0) is 18.0. The Morgan fingerprint density at radius 1 is 1.08 bits per heavy atom. The van der Waals surface area contributed by atoms with Gasteiger partial charge in [0.05, 0.1) is 10.6 Å². The first-order chi connectivity index (χ1) is 12.0. The van der Waals surface area contributed by atoms with E-state index in [2.05, 4.69) is 15.5 Å². The van der Waals surface area contributed by atoms with Crippen molar-refractivity contribution in [1.82, 2.24) is 5.32 Å². The molecule has 0 aliphatic rings. The largest absolute Gasteiger partial charge is 0.505 e. The number of nitrogens with one attached hydrogen (secondary N) is 1. The number of rotatable bonds is 3. The Kier molecular flexibility index (Phi) is 4.88. The Morgan fingerprint density at radius 2 is 1.84 bits per heavy atom. The van der Waals surface area contributed by atoms with Gasteiger partial charge in [-0.1, -0.05) is 47.5 Å². The van der Waals surface area contributed by atoms with E-state index in [1.165, 1.54) is 7.05 Å². The van der Waals surface area contributed by atoms with Crippen LogP contribution < -0.4 is 5.32 Å². The van der Waals surface area contributed by atoms with Crippen molar-refractivity contribution in [2.24, 2.45) is 10.2 Å². The zero-order valence-electron chi connectivity index (χ0n) is 13.1. The standard InChI is InChI=1S/C18H13Cl2N3O2/c1-21-18(25)13-8-10-4-2-3-5-12(10)16(17(13)24)23-22-15-9-11(19)6-7-14(15)20/h2-9,24H,1H3,(H,21,25). The van der Waals surface area contributed by atoms with Crippen molar-refractivity contribution in [3.8, 4) is 5.75 Å². The third kappa shape index (κ3) is 3.43. The lowest BCUT2D eigenvalue weighted by Crippen LogP contribution is -2.17. The fourth-order valence-corrected chi connectivity index (χ4v) is 2.71. The highest BCUT2D eigenvalue weighted by molar-refractivity contribution is 6.35. The highest BCUT2D eigenvalue weighted by atomic mass is 35.5. The van der Waals surface area contributed by atoms with Crippen LogP contribution in [0.5, 0.6) is 5.75 Å². The molecule has 5 nitrogen and oxygen atoms in total. The number of carbonyl (C=O) groups excluding carboxylic acids is 1. The van der Waals surface area contributed by atoms with Crippen molar-refractivity contribution >= 4 is 51.3 Å². The molecule has 3 aromatic rings. The number of phenols is 1. The molecule has 0 aliphatic heterocycles. The number of hydrogen-bond donors (Lipinski definition) is 2. The molecule has 25 heavy (non-hydrogen) atoms. The first-order valence-electron chi connectivity index (χ1n) is 7.35. The molecule has 0 unspecified atom stereocenters. The van der Waals surface area contributed by atoms with E-state index in [-0.39, 0.29) is 17.0 Å². The highest BCUT2D eigenvalue weighted by Crippen LogP contribution is 2.40. The predicted octanol–water partition coefficient (Wildman–Crippen LogP) is 5.63. The lowest BCUT2D eigenvalue weighted by atomic mass is 10.0. The van der Waals surface area contributed by atoms with Gasteiger partial charge < -0.3 is 10.4 Å². The number of carbonyl (C=O) groups is 1. The van der Waals surface area contributed by atoms with Gasteiger partial charge in [-0.3, -0.25) is 4.79 Å². The summed E-state index contributed by atoms with van der Waals surface area (Å²) in [6.45, 7) is 0.